The molecule has 2 amide bonds. The fraction of sp³-hybridized carbons (Fsp3) is 0. The van der Waals surface area contributed by atoms with E-state index < -0.39 is 33.0 Å². The van der Waals surface area contributed by atoms with Crippen LogP contribution >= 0.6 is 0 Å². The zero-order valence-corrected chi connectivity index (χ0v) is 12.6. The second-order valence-corrected chi connectivity index (χ2v) is 5.29. The van der Waals surface area contributed by atoms with E-state index in [0.717, 1.165) is 34.5 Å². The molecule has 4 rings (SSSR count). The van der Waals surface area contributed by atoms with Crippen molar-refractivity contribution in [2.75, 3.05) is 5.01 Å². The monoisotopic (exact) mass is 354 g/mol. The van der Waals surface area contributed by atoms with Crippen LogP contribution in [-0.4, -0.2) is 36.5 Å². The van der Waals surface area contributed by atoms with Crippen LogP contribution in [0.4, 0.5) is 11.4 Å². The maximum absolute atomic E-state index is 12.8. The molecule has 1 aliphatic rings. The molecule has 0 saturated carbocycles. The standard InChI is InChI=1S/C14H6N6O6/c21-13-7-1-3-9(19(23)24)12-10(20(25)26)4-2-8(11(7)12)14(22)18(13)17-5-15-16-6-17/h1-6H. The normalized spacial score (nSPS) is 13.3. The van der Waals surface area contributed by atoms with Gasteiger partial charge in [-0.3, -0.25) is 29.8 Å². The van der Waals surface area contributed by atoms with E-state index in [1.54, 1.807) is 0 Å². The molecule has 0 radical (unpaired) electrons. The van der Waals surface area contributed by atoms with E-state index in [-0.39, 0.29) is 21.9 Å². The predicted molar refractivity (Wildman–Crippen MR) is 84.2 cm³/mol. The zero-order chi connectivity index (χ0) is 18.6. The van der Waals surface area contributed by atoms with Crippen molar-refractivity contribution in [3.8, 4) is 0 Å². The summed E-state index contributed by atoms with van der Waals surface area (Å²) in [6, 6.07) is 4.35. The summed E-state index contributed by atoms with van der Waals surface area (Å²) in [7, 11) is 0. The molecule has 3 aromatic rings. The Morgan fingerprint density at radius 3 is 1.65 bits per heavy atom. The minimum Gasteiger partial charge on any atom is -0.267 e. The molecule has 12 nitrogen and oxygen atoms in total. The minimum atomic E-state index is -0.803. The number of hydrogen-bond acceptors (Lipinski definition) is 8. The van der Waals surface area contributed by atoms with Crippen molar-refractivity contribution in [1.82, 2.24) is 14.9 Å². The first-order valence-electron chi connectivity index (χ1n) is 7.04. The van der Waals surface area contributed by atoms with Gasteiger partial charge in [0.2, 0.25) is 0 Å². The van der Waals surface area contributed by atoms with E-state index in [4.69, 9.17) is 0 Å². The van der Waals surface area contributed by atoms with Gasteiger partial charge in [-0.15, -0.1) is 10.2 Å². The zero-order valence-electron chi connectivity index (χ0n) is 12.6. The van der Waals surface area contributed by atoms with Gasteiger partial charge in [-0.1, -0.05) is 0 Å². The summed E-state index contributed by atoms with van der Waals surface area (Å²) >= 11 is 0. The molecule has 0 fully saturated rings. The van der Waals surface area contributed by atoms with Crippen molar-refractivity contribution in [3.63, 3.8) is 0 Å². The van der Waals surface area contributed by atoms with Gasteiger partial charge in [-0.25, -0.2) is 4.68 Å². The lowest BCUT2D eigenvalue weighted by atomic mass is 9.92. The highest BCUT2D eigenvalue weighted by molar-refractivity contribution is 6.34. The van der Waals surface area contributed by atoms with Crippen LogP contribution in [0.2, 0.25) is 0 Å². The highest BCUT2D eigenvalue weighted by Crippen LogP contribution is 2.40. The largest absolute Gasteiger partial charge is 0.284 e. The van der Waals surface area contributed by atoms with Crippen molar-refractivity contribution in [2.24, 2.45) is 0 Å². The van der Waals surface area contributed by atoms with Crippen LogP contribution in [0.1, 0.15) is 20.7 Å². The number of nitro groups is 2. The molecule has 1 aliphatic heterocycles. The van der Waals surface area contributed by atoms with Gasteiger partial charge in [0.1, 0.15) is 18.0 Å². The molecule has 2 aromatic carbocycles. The smallest absolute Gasteiger partial charge is 0.267 e. The number of hydrogen-bond donors (Lipinski definition) is 0. The number of benzene rings is 2. The van der Waals surface area contributed by atoms with Gasteiger partial charge in [0, 0.05) is 17.5 Å². The maximum Gasteiger partial charge on any atom is 0.284 e. The van der Waals surface area contributed by atoms with Crippen molar-refractivity contribution < 1.29 is 19.4 Å². The van der Waals surface area contributed by atoms with Crippen LogP contribution in [0.3, 0.4) is 0 Å². The molecule has 2 heterocycles. The van der Waals surface area contributed by atoms with Crippen LogP contribution in [0.15, 0.2) is 36.9 Å². The summed E-state index contributed by atoms with van der Waals surface area (Å²) in [5, 5.41) is 30.0. The number of carbonyl (C=O) groups excluding carboxylic acids is 2. The summed E-state index contributed by atoms with van der Waals surface area (Å²) < 4.78 is 1.06. The fourth-order valence-corrected chi connectivity index (χ4v) is 2.95. The summed E-state index contributed by atoms with van der Waals surface area (Å²) in [4.78, 5) is 46.6. The van der Waals surface area contributed by atoms with Crippen LogP contribution in [0, 0.1) is 20.2 Å². The molecule has 0 aliphatic carbocycles. The fourth-order valence-electron chi connectivity index (χ4n) is 2.95. The van der Waals surface area contributed by atoms with E-state index >= 15 is 0 Å². The van der Waals surface area contributed by atoms with Gasteiger partial charge in [0.15, 0.2) is 0 Å². The molecule has 0 saturated heterocycles. The highest BCUT2D eigenvalue weighted by atomic mass is 16.6. The Labute approximate surface area is 142 Å². The lowest BCUT2D eigenvalue weighted by Gasteiger charge is -2.26. The molecule has 12 heteroatoms. The third-order valence-electron chi connectivity index (χ3n) is 3.99. The first-order chi connectivity index (χ1) is 12.4. The molecule has 0 spiro atoms. The molecule has 1 aromatic heterocycles. The topological polar surface area (TPSA) is 154 Å². The number of amides is 2. The number of non-ortho nitro benzene ring substituents is 2. The van der Waals surface area contributed by atoms with Crippen LogP contribution in [-0.2, 0) is 0 Å². The lowest BCUT2D eigenvalue weighted by Crippen LogP contribution is -2.47. The van der Waals surface area contributed by atoms with Gasteiger partial charge in [-0.05, 0) is 12.1 Å². The molecule has 26 heavy (non-hydrogen) atoms. The quantitative estimate of drug-likeness (QED) is 0.386. The van der Waals surface area contributed by atoms with Crippen LogP contribution < -0.4 is 5.01 Å². The van der Waals surface area contributed by atoms with Gasteiger partial charge in [0.05, 0.1) is 21.0 Å². The Hall–Kier alpha value is -4.22. The Morgan fingerprint density at radius 1 is 0.769 bits per heavy atom. The summed E-state index contributed by atoms with van der Waals surface area (Å²) in [6.07, 6.45) is 2.27. The number of nitrogens with zero attached hydrogens (tertiary/aromatic N) is 6. The van der Waals surface area contributed by atoms with Crippen LogP contribution in [0.5, 0.6) is 0 Å². The van der Waals surface area contributed by atoms with E-state index in [0.29, 0.717) is 0 Å². The van der Waals surface area contributed by atoms with Crippen molar-refractivity contribution >= 4 is 34.0 Å². The SMILES string of the molecule is O=C1c2ccc([N+](=O)[O-])c3c([N+](=O)[O-])ccc(c23)C(=O)N1n1cnnc1. The summed E-state index contributed by atoms with van der Waals surface area (Å²) in [5.74, 6) is -1.61. The van der Waals surface area contributed by atoms with E-state index in [1.807, 2.05) is 0 Å². The van der Waals surface area contributed by atoms with Crippen molar-refractivity contribution in [1.29, 1.82) is 0 Å². The molecule has 0 unspecified atom stereocenters. The summed E-state index contributed by atoms with van der Waals surface area (Å²) in [6.45, 7) is 0. The Kier molecular flexibility index (Phi) is 3.03. The lowest BCUT2D eigenvalue weighted by molar-refractivity contribution is -0.390. The second kappa shape index (κ2) is 5.14. The van der Waals surface area contributed by atoms with Gasteiger partial charge in [-0.2, -0.15) is 5.01 Å². The van der Waals surface area contributed by atoms with Gasteiger partial charge in [0.25, 0.3) is 23.2 Å². The van der Waals surface area contributed by atoms with E-state index in [9.17, 15) is 29.8 Å². The molecule has 128 valence electrons. The maximum atomic E-state index is 12.8. The van der Waals surface area contributed by atoms with E-state index in [2.05, 4.69) is 10.2 Å². The summed E-state index contributed by atoms with van der Waals surface area (Å²) in [5.41, 5.74) is -1.26. The number of carbonyl (C=O) groups is 2. The Bertz CT molecular complexity index is 1070. The Morgan fingerprint density at radius 2 is 1.23 bits per heavy atom. The van der Waals surface area contributed by atoms with Crippen molar-refractivity contribution in [3.05, 3.63) is 68.3 Å². The molecule has 0 bridgehead atoms. The average Bonchev–Trinajstić information content (AvgIpc) is 3.12. The predicted octanol–water partition coefficient (Wildman–Crippen LogP) is 1.18. The molecular weight excluding hydrogens is 348 g/mol. The van der Waals surface area contributed by atoms with Crippen molar-refractivity contribution in [2.45, 2.75) is 0 Å². The molecule has 0 atom stereocenters. The first-order valence-corrected chi connectivity index (χ1v) is 7.04. The minimum absolute atomic E-state index is 0.0717. The third kappa shape index (κ3) is 1.89. The van der Waals surface area contributed by atoms with E-state index in [1.165, 1.54) is 12.1 Å². The highest BCUT2D eigenvalue weighted by Gasteiger charge is 2.38. The third-order valence-corrected chi connectivity index (χ3v) is 3.99. The number of nitro benzene ring substituents is 2. The Balaban J connectivity index is 2.12. The number of imide groups is 1. The number of aromatic nitrogens is 3. The average molecular weight is 354 g/mol. The second-order valence-electron chi connectivity index (χ2n) is 5.29. The molecular formula is C14H6N6O6. The number of rotatable bonds is 3. The molecule has 0 N–H and O–H groups in total. The van der Waals surface area contributed by atoms with Crippen LogP contribution in [0.25, 0.3) is 10.8 Å². The van der Waals surface area contributed by atoms with Gasteiger partial charge < -0.3 is 0 Å². The van der Waals surface area contributed by atoms with Gasteiger partial charge >= 0.3 is 0 Å². The first kappa shape index (κ1) is 15.3.